The summed E-state index contributed by atoms with van der Waals surface area (Å²) in [5, 5.41) is 32.0. The van der Waals surface area contributed by atoms with Crippen molar-refractivity contribution in [2.24, 2.45) is 11.8 Å². The molecule has 43 heavy (non-hydrogen) atoms. The van der Waals surface area contributed by atoms with Gasteiger partial charge < -0.3 is 19.9 Å². The molecule has 11 nitrogen and oxygen atoms in total. The van der Waals surface area contributed by atoms with Gasteiger partial charge in [0.2, 0.25) is 0 Å². The molecule has 0 amide bonds. The number of fused-ring (bicyclic) bond motifs is 4. The molecule has 2 saturated carbocycles. The van der Waals surface area contributed by atoms with Crippen molar-refractivity contribution in [2.75, 3.05) is 20.3 Å². The Morgan fingerprint density at radius 3 is 2.70 bits per heavy atom. The van der Waals surface area contributed by atoms with Crippen LogP contribution in [0.5, 0.6) is 11.5 Å². The van der Waals surface area contributed by atoms with Gasteiger partial charge in [0.1, 0.15) is 5.82 Å². The highest BCUT2D eigenvalue weighted by molar-refractivity contribution is 5.75. The van der Waals surface area contributed by atoms with E-state index >= 15 is 0 Å². The lowest BCUT2D eigenvalue weighted by Gasteiger charge is -2.42. The first-order valence-electron chi connectivity index (χ1n) is 14.9. The Labute approximate surface area is 248 Å². The van der Waals surface area contributed by atoms with Crippen LogP contribution in [0.4, 0.5) is 4.39 Å². The normalized spacial score (nSPS) is 24.0. The highest BCUT2D eigenvalue weighted by Gasteiger charge is 2.44. The Bertz CT molecular complexity index is 1660. The first-order chi connectivity index (χ1) is 21.0. The first-order valence-corrected chi connectivity index (χ1v) is 14.9. The van der Waals surface area contributed by atoms with Gasteiger partial charge in [-0.05, 0) is 68.2 Å². The summed E-state index contributed by atoms with van der Waals surface area (Å²) in [5.74, 6) is 1.64. The Hall–Kier alpha value is -4.21. The molecule has 0 aromatic carbocycles. The third-order valence-corrected chi connectivity index (χ3v) is 9.65. The van der Waals surface area contributed by atoms with E-state index in [9.17, 15) is 14.8 Å². The SMILES string of the molecule is COc1cnn2cc(-c3nn4c(c3C)CN(C3CC5CCC(C3)C5NC#N)CC4)cc(OC(CO)c3ccc(F)cn3)c12. The molecule has 2 bridgehead atoms. The Kier molecular flexibility index (Phi) is 7.15. The van der Waals surface area contributed by atoms with E-state index in [0.29, 0.717) is 46.6 Å². The number of nitriles is 1. The summed E-state index contributed by atoms with van der Waals surface area (Å²) < 4.78 is 29.2. The van der Waals surface area contributed by atoms with Crippen LogP contribution in [0.2, 0.25) is 0 Å². The third kappa shape index (κ3) is 4.86. The summed E-state index contributed by atoms with van der Waals surface area (Å²) in [4.78, 5) is 6.73. The number of methoxy groups -OCH3 is 1. The van der Waals surface area contributed by atoms with Gasteiger partial charge in [-0.25, -0.2) is 8.91 Å². The van der Waals surface area contributed by atoms with Crippen molar-refractivity contribution >= 4 is 5.52 Å². The lowest BCUT2D eigenvalue weighted by molar-refractivity contribution is 0.0823. The molecule has 3 atom stereocenters. The zero-order chi connectivity index (χ0) is 29.7. The maximum absolute atomic E-state index is 13.5. The fourth-order valence-corrected chi connectivity index (χ4v) is 7.50. The van der Waals surface area contributed by atoms with Crippen LogP contribution in [0, 0.1) is 36.0 Å². The number of nitrogens with one attached hydrogen (secondary N) is 1. The van der Waals surface area contributed by atoms with E-state index in [1.54, 1.807) is 17.8 Å². The van der Waals surface area contributed by atoms with Crippen molar-refractivity contribution in [2.45, 2.75) is 63.9 Å². The monoisotopic (exact) mass is 586 g/mol. The third-order valence-electron chi connectivity index (χ3n) is 9.65. The molecule has 2 N–H and O–H groups in total. The topological polar surface area (TPSA) is 126 Å². The minimum atomic E-state index is -0.821. The average molecular weight is 587 g/mol. The number of aliphatic hydroxyl groups excluding tert-OH is 1. The van der Waals surface area contributed by atoms with Crippen LogP contribution in [-0.4, -0.2) is 66.7 Å². The van der Waals surface area contributed by atoms with E-state index in [1.807, 2.05) is 12.3 Å². The molecule has 2 fully saturated rings. The lowest BCUT2D eigenvalue weighted by Crippen LogP contribution is -2.49. The van der Waals surface area contributed by atoms with Gasteiger partial charge in [-0.1, -0.05) is 0 Å². The van der Waals surface area contributed by atoms with Crippen LogP contribution in [-0.2, 0) is 13.1 Å². The number of halogens is 1. The van der Waals surface area contributed by atoms with E-state index in [1.165, 1.54) is 30.7 Å². The Morgan fingerprint density at radius 2 is 2.00 bits per heavy atom. The van der Waals surface area contributed by atoms with Gasteiger partial charge in [-0.15, -0.1) is 0 Å². The van der Waals surface area contributed by atoms with Crippen molar-refractivity contribution in [3.8, 4) is 28.9 Å². The fourth-order valence-electron chi connectivity index (χ4n) is 7.50. The minimum absolute atomic E-state index is 0.335. The van der Waals surface area contributed by atoms with E-state index in [4.69, 9.17) is 14.6 Å². The Balaban J connectivity index is 1.19. The zero-order valence-corrected chi connectivity index (χ0v) is 24.3. The highest BCUT2D eigenvalue weighted by atomic mass is 19.1. The second kappa shape index (κ2) is 11.1. The van der Waals surface area contributed by atoms with E-state index in [0.717, 1.165) is 55.5 Å². The molecule has 2 aliphatic carbocycles. The molecule has 4 aromatic heterocycles. The summed E-state index contributed by atoms with van der Waals surface area (Å²) in [5.41, 5.74) is 5.00. The highest BCUT2D eigenvalue weighted by Crippen LogP contribution is 2.45. The van der Waals surface area contributed by atoms with Gasteiger partial charge >= 0.3 is 0 Å². The maximum atomic E-state index is 13.5. The Morgan fingerprint density at radius 1 is 1.19 bits per heavy atom. The van der Waals surface area contributed by atoms with Gasteiger partial charge in [0.05, 0.1) is 49.7 Å². The summed E-state index contributed by atoms with van der Waals surface area (Å²) in [6.45, 7) is 4.35. The molecule has 12 heteroatoms. The van der Waals surface area contributed by atoms with Gasteiger partial charge in [-0.2, -0.15) is 15.5 Å². The number of rotatable bonds is 8. The average Bonchev–Trinajstić information content (AvgIpc) is 3.66. The predicted octanol–water partition coefficient (Wildman–Crippen LogP) is 3.60. The zero-order valence-electron chi connectivity index (χ0n) is 24.3. The summed E-state index contributed by atoms with van der Waals surface area (Å²) >= 11 is 0. The van der Waals surface area contributed by atoms with Crippen LogP contribution in [0.3, 0.4) is 0 Å². The smallest absolute Gasteiger partial charge is 0.176 e. The molecule has 3 aliphatic rings. The molecule has 0 spiro atoms. The van der Waals surface area contributed by atoms with Gasteiger partial charge in [-0.3, -0.25) is 14.6 Å². The number of pyridine rings is 2. The summed E-state index contributed by atoms with van der Waals surface area (Å²) in [6, 6.07) is 5.54. The lowest BCUT2D eigenvalue weighted by atomic mass is 9.80. The first kappa shape index (κ1) is 27.6. The maximum Gasteiger partial charge on any atom is 0.176 e. The second-order valence-corrected chi connectivity index (χ2v) is 11.9. The summed E-state index contributed by atoms with van der Waals surface area (Å²) in [7, 11) is 1.57. The fraction of sp³-hybridized carbons (Fsp3) is 0.484. The molecule has 4 aromatic rings. The van der Waals surface area contributed by atoms with E-state index in [2.05, 4.69) is 38.1 Å². The van der Waals surface area contributed by atoms with Crippen LogP contribution in [0.25, 0.3) is 16.8 Å². The van der Waals surface area contributed by atoms with Crippen molar-refractivity contribution in [1.82, 2.24) is 34.6 Å². The van der Waals surface area contributed by atoms with Crippen LogP contribution < -0.4 is 14.8 Å². The standard InChI is InChI=1S/C31H35FN8O3/c1-18-25-15-38(23-9-19-3-4-20(10-23)30(19)35-17-33)7-8-39(25)37-29(18)21-11-26(31-27(42-2)13-36-40(31)14-21)43-28(16-41)24-6-5-22(32)12-34-24/h5-6,11-14,19-20,23,28,30,35,41H,3-4,7-10,15-16H2,1-2H3. The van der Waals surface area contributed by atoms with Crippen molar-refractivity contribution in [3.05, 3.63) is 59.6 Å². The van der Waals surface area contributed by atoms with Gasteiger partial charge in [0, 0.05) is 36.9 Å². The number of ether oxygens (including phenoxy) is 2. The van der Waals surface area contributed by atoms with Crippen LogP contribution in [0.1, 0.15) is 48.7 Å². The second-order valence-electron chi connectivity index (χ2n) is 11.9. The van der Waals surface area contributed by atoms with Crippen molar-refractivity contribution in [1.29, 1.82) is 5.26 Å². The van der Waals surface area contributed by atoms with Crippen LogP contribution in [0.15, 0.2) is 36.8 Å². The van der Waals surface area contributed by atoms with Crippen LogP contribution >= 0.6 is 0 Å². The van der Waals surface area contributed by atoms with E-state index in [-0.39, 0.29) is 6.61 Å². The molecule has 7 rings (SSSR count). The molecule has 0 radical (unpaired) electrons. The van der Waals surface area contributed by atoms with Crippen molar-refractivity contribution < 1.29 is 19.0 Å². The molecular weight excluding hydrogens is 551 g/mol. The molecule has 224 valence electrons. The van der Waals surface area contributed by atoms with E-state index < -0.39 is 11.9 Å². The largest absolute Gasteiger partial charge is 0.493 e. The molecular formula is C31H35FN8O3. The number of nitrogens with zero attached hydrogens (tertiary/aromatic N) is 7. The quantitative estimate of drug-likeness (QED) is 0.235. The van der Waals surface area contributed by atoms with Crippen molar-refractivity contribution in [3.63, 3.8) is 0 Å². The number of hydrogen-bond donors (Lipinski definition) is 2. The number of aromatic nitrogens is 5. The van der Waals surface area contributed by atoms with Gasteiger partial charge in [0.15, 0.2) is 29.3 Å². The summed E-state index contributed by atoms with van der Waals surface area (Å²) in [6.07, 6.45) is 10.7. The molecule has 1 aliphatic heterocycles. The minimum Gasteiger partial charge on any atom is -0.493 e. The number of aliphatic hydroxyl groups is 1. The van der Waals surface area contributed by atoms with Gasteiger partial charge in [0.25, 0.3) is 0 Å². The molecule has 5 heterocycles. The predicted molar refractivity (Wildman–Crippen MR) is 155 cm³/mol. The molecule has 3 unspecified atom stereocenters. The molecule has 0 saturated heterocycles. The number of hydrogen-bond acceptors (Lipinski definition) is 9.